The fourth-order valence-electron chi connectivity index (χ4n) is 2.94. The zero-order chi connectivity index (χ0) is 15.9. The van der Waals surface area contributed by atoms with Crippen molar-refractivity contribution in [2.24, 2.45) is 5.92 Å². The van der Waals surface area contributed by atoms with Gasteiger partial charge in [-0.2, -0.15) is 0 Å². The van der Waals surface area contributed by atoms with E-state index in [9.17, 15) is 9.59 Å². The SMILES string of the molecule is CC(C)(C)OC(=O)NCCC1C(=O)c2ccccc2C2OC12. The lowest BCUT2D eigenvalue weighted by Gasteiger charge is -2.22. The van der Waals surface area contributed by atoms with Crippen LogP contribution in [0.5, 0.6) is 0 Å². The van der Waals surface area contributed by atoms with E-state index in [1.165, 1.54) is 0 Å². The second-order valence-electron chi connectivity index (χ2n) is 6.80. The summed E-state index contributed by atoms with van der Waals surface area (Å²) in [4.78, 5) is 24.2. The van der Waals surface area contributed by atoms with Crippen molar-refractivity contribution in [1.82, 2.24) is 5.32 Å². The molecule has 3 unspecified atom stereocenters. The molecule has 1 aromatic rings. The Morgan fingerprint density at radius 1 is 1.32 bits per heavy atom. The summed E-state index contributed by atoms with van der Waals surface area (Å²) in [7, 11) is 0. The number of carbonyl (C=O) groups is 2. The molecule has 3 atom stereocenters. The normalized spacial score (nSPS) is 26.0. The van der Waals surface area contributed by atoms with E-state index < -0.39 is 11.7 Å². The Morgan fingerprint density at radius 2 is 2.05 bits per heavy atom. The summed E-state index contributed by atoms with van der Waals surface area (Å²) in [5.41, 5.74) is 1.23. The molecule has 1 aliphatic carbocycles. The highest BCUT2D eigenvalue weighted by molar-refractivity contribution is 6.01. The number of alkyl carbamates (subject to hydrolysis) is 1. The highest BCUT2D eigenvalue weighted by Gasteiger charge is 2.53. The van der Waals surface area contributed by atoms with E-state index in [1.807, 2.05) is 45.0 Å². The van der Waals surface area contributed by atoms with Crippen molar-refractivity contribution in [3.8, 4) is 0 Å². The van der Waals surface area contributed by atoms with Crippen LogP contribution in [-0.4, -0.2) is 30.1 Å². The lowest BCUT2D eigenvalue weighted by atomic mass is 9.81. The van der Waals surface area contributed by atoms with Crippen LogP contribution in [0.25, 0.3) is 0 Å². The first-order valence-corrected chi connectivity index (χ1v) is 7.62. The molecule has 22 heavy (non-hydrogen) atoms. The monoisotopic (exact) mass is 303 g/mol. The van der Waals surface area contributed by atoms with Crippen LogP contribution in [0.1, 0.15) is 49.2 Å². The van der Waals surface area contributed by atoms with Gasteiger partial charge in [0.15, 0.2) is 5.78 Å². The molecule has 1 aromatic carbocycles. The van der Waals surface area contributed by atoms with Crippen LogP contribution in [0, 0.1) is 5.92 Å². The molecule has 2 aliphatic rings. The number of ketones is 1. The number of hydrogen-bond donors (Lipinski definition) is 1. The average Bonchev–Trinajstić information content (AvgIpc) is 3.21. The minimum atomic E-state index is -0.519. The molecule has 0 spiro atoms. The van der Waals surface area contributed by atoms with Crippen LogP contribution in [0.15, 0.2) is 24.3 Å². The van der Waals surface area contributed by atoms with Gasteiger partial charge in [0.25, 0.3) is 0 Å². The van der Waals surface area contributed by atoms with Crippen molar-refractivity contribution in [3.63, 3.8) is 0 Å². The molecule has 0 radical (unpaired) electrons. The van der Waals surface area contributed by atoms with Gasteiger partial charge in [-0.15, -0.1) is 0 Å². The van der Waals surface area contributed by atoms with Crippen LogP contribution in [0.3, 0.4) is 0 Å². The molecule has 0 saturated carbocycles. The largest absolute Gasteiger partial charge is 0.444 e. The zero-order valence-electron chi connectivity index (χ0n) is 13.1. The quantitative estimate of drug-likeness (QED) is 0.872. The molecule has 5 heteroatoms. The van der Waals surface area contributed by atoms with Gasteiger partial charge < -0.3 is 14.8 Å². The van der Waals surface area contributed by atoms with E-state index >= 15 is 0 Å². The van der Waals surface area contributed by atoms with Crippen LogP contribution in [0.2, 0.25) is 0 Å². The lowest BCUT2D eigenvalue weighted by Crippen LogP contribution is -2.35. The Hall–Kier alpha value is -1.88. The Labute approximate surface area is 130 Å². The highest BCUT2D eigenvalue weighted by atomic mass is 16.6. The molecule has 0 bridgehead atoms. The third kappa shape index (κ3) is 2.99. The maximum atomic E-state index is 12.5. The number of rotatable bonds is 3. The number of epoxide rings is 1. The Morgan fingerprint density at radius 3 is 2.77 bits per heavy atom. The number of fused-ring (bicyclic) bond motifs is 3. The fourth-order valence-corrected chi connectivity index (χ4v) is 2.94. The number of carbonyl (C=O) groups excluding carboxylic acids is 2. The minimum absolute atomic E-state index is 0.0390. The van der Waals surface area contributed by atoms with Gasteiger partial charge in [0, 0.05) is 12.1 Å². The number of amides is 1. The Balaban J connectivity index is 1.57. The van der Waals surface area contributed by atoms with Gasteiger partial charge >= 0.3 is 6.09 Å². The Kier molecular flexibility index (Phi) is 3.68. The van der Waals surface area contributed by atoms with E-state index in [2.05, 4.69) is 5.32 Å². The summed E-state index contributed by atoms with van der Waals surface area (Å²) in [5, 5.41) is 2.70. The van der Waals surface area contributed by atoms with Crippen molar-refractivity contribution >= 4 is 11.9 Å². The molecule has 5 nitrogen and oxygen atoms in total. The summed E-state index contributed by atoms with van der Waals surface area (Å²) in [6.45, 7) is 5.85. The molecule has 1 amide bonds. The van der Waals surface area contributed by atoms with Gasteiger partial charge in [0.2, 0.25) is 0 Å². The van der Waals surface area contributed by atoms with Gasteiger partial charge in [0.05, 0.1) is 12.0 Å². The molecule has 1 saturated heterocycles. The standard InChI is InChI=1S/C17H21NO4/c1-17(2,3)22-16(20)18-9-8-12-13(19)10-6-4-5-7-11(10)14-15(12)21-14/h4-7,12,14-15H,8-9H2,1-3H3,(H,18,20). The summed E-state index contributed by atoms with van der Waals surface area (Å²) >= 11 is 0. The number of hydrogen-bond acceptors (Lipinski definition) is 4. The third-order valence-electron chi connectivity index (χ3n) is 3.92. The van der Waals surface area contributed by atoms with Gasteiger partial charge in [-0.25, -0.2) is 4.79 Å². The van der Waals surface area contributed by atoms with E-state index in [4.69, 9.17) is 9.47 Å². The first kappa shape index (κ1) is 15.0. The van der Waals surface area contributed by atoms with Crippen molar-refractivity contribution in [2.45, 2.75) is 45.0 Å². The second-order valence-corrected chi connectivity index (χ2v) is 6.80. The molecule has 1 N–H and O–H groups in total. The summed E-state index contributed by atoms with van der Waals surface area (Å²) < 4.78 is 10.8. The van der Waals surface area contributed by atoms with Crippen LogP contribution in [-0.2, 0) is 9.47 Å². The number of ether oxygens (including phenoxy) is 2. The van der Waals surface area contributed by atoms with Crippen LogP contribution < -0.4 is 5.32 Å². The van der Waals surface area contributed by atoms with Crippen molar-refractivity contribution < 1.29 is 19.1 Å². The summed E-state index contributed by atoms with van der Waals surface area (Å²) in [6, 6.07) is 7.60. The molecule has 1 heterocycles. The second kappa shape index (κ2) is 5.39. The van der Waals surface area contributed by atoms with Crippen molar-refractivity contribution in [3.05, 3.63) is 35.4 Å². The summed E-state index contributed by atoms with van der Waals surface area (Å²) in [5.74, 6) is -0.0739. The lowest BCUT2D eigenvalue weighted by molar-refractivity contribution is 0.0521. The van der Waals surface area contributed by atoms with Crippen LogP contribution in [0.4, 0.5) is 4.79 Å². The first-order valence-electron chi connectivity index (χ1n) is 7.62. The molecular weight excluding hydrogens is 282 g/mol. The summed E-state index contributed by atoms with van der Waals surface area (Å²) in [6.07, 6.45) is 0.112. The van der Waals surface area contributed by atoms with Crippen molar-refractivity contribution in [2.75, 3.05) is 6.54 Å². The topological polar surface area (TPSA) is 67.9 Å². The smallest absolute Gasteiger partial charge is 0.407 e. The van der Waals surface area contributed by atoms with Crippen molar-refractivity contribution in [1.29, 1.82) is 0 Å². The van der Waals surface area contributed by atoms with Gasteiger partial charge in [0.1, 0.15) is 11.7 Å². The number of nitrogens with one attached hydrogen (secondary N) is 1. The third-order valence-corrected chi connectivity index (χ3v) is 3.92. The predicted molar refractivity (Wildman–Crippen MR) is 80.7 cm³/mol. The number of Topliss-reactive ketones (excluding diaryl/α,β-unsaturated/α-hetero) is 1. The zero-order valence-corrected chi connectivity index (χ0v) is 13.1. The maximum Gasteiger partial charge on any atom is 0.407 e. The average molecular weight is 303 g/mol. The molecule has 118 valence electrons. The van der Waals surface area contributed by atoms with Crippen LogP contribution >= 0.6 is 0 Å². The van der Waals surface area contributed by atoms with Gasteiger partial charge in [-0.1, -0.05) is 24.3 Å². The molecule has 1 fully saturated rings. The fraction of sp³-hybridized carbons (Fsp3) is 0.529. The first-order chi connectivity index (χ1) is 10.4. The number of benzene rings is 1. The van der Waals surface area contributed by atoms with Gasteiger partial charge in [-0.3, -0.25) is 4.79 Å². The highest BCUT2D eigenvalue weighted by Crippen LogP contribution is 2.50. The molecule has 3 rings (SSSR count). The Bertz CT molecular complexity index is 605. The maximum absolute atomic E-state index is 12.5. The molecule has 1 aliphatic heterocycles. The molecule has 0 aromatic heterocycles. The predicted octanol–water partition coefficient (Wildman–Crippen LogP) is 2.85. The van der Waals surface area contributed by atoms with E-state index in [0.717, 1.165) is 11.1 Å². The van der Waals surface area contributed by atoms with E-state index in [-0.39, 0.29) is 23.9 Å². The van der Waals surface area contributed by atoms with Gasteiger partial charge in [-0.05, 0) is 32.8 Å². The molecular formula is C17H21NO4. The van der Waals surface area contributed by atoms with E-state index in [1.54, 1.807) is 0 Å². The van der Waals surface area contributed by atoms with E-state index in [0.29, 0.717) is 13.0 Å². The minimum Gasteiger partial charge on any atom is -0.444 e.